The number of carbonyl (C=O) groups is 2. The molecule has 1 atom stereocenters. The molecule has 0 bridgehead atoms. The fourth-order valence-corrected chi connectivity index (χ4v) is 3.88. The van der Waals surface area contributed by atoms with Gasteiger partial charge < -0.3 is 15.6 Å². The van der Waals surface area contributed by atoms with E-state index in [9.17, 15) is 14.7 Å². The Labute approximate surface area is 168 Å². The molecular weight excluding hydrogens is 366 g/mol. The van der Waals surface area contributed by atoms with Crippen LogP contribution >= 0.6 is 0 Å². The Bertz CT molecular complexity index is 1020. The highest BCUT2D eigenvalue weighted by atomic mass is 16.5. The van der Waals surface area contributed by atoms with E-state index in [1.54, 1.807) is 24.3 Å². The number of carboxylic acid groups (broad SMARTS) is 1. The van der Waals surface area contributed by atoms with Gasteiger partial charge >= 0.3 is 11.9 Å². The van der Waals surface area contributed by atoms with Crippen LogP contribution in [-0.4, -0.2) is 29.2 Å². The van der Waals surface area contributed by atoms with Crippen LogP contribution in [0.4, 0.5) is 0 Å². The number of aliphatic carboxylic acids is 1. The predicted octanol–water partition coefficient (Wildman–Crippen LogP) is 3.37. The van der Waals surface area contributed by atoms with Crippen molar-refractivity contribution < 1.29 is 19.4 Å². The van der Waals surface area contributed by atoms with Crippen LogP contribution in [0.5, 0.6) is 0 Å². The SMILES string of the molecule is NC(Cc1ccccc1)(C(=O)O)C(=O)OCC1c2ccccc2-c2ccccc21. The Morgan fingerprint density at radius 2 is 1.38 bits per heavy atom. The molecule has 0 saturated carbocycles. The largest absolute Gasteiger partial charge is 0.479 e. The molecular formula is C24H21NO4. The summed E-state index contributed by atoms with van der Waals surface area (Å²) in [6.07, 6.45) is -0.139. The summed E-state index contributed by atoms with van der Waals surface area (Å²) in [7, 11) is 0. The van der Waals surface area contributed by atoms with Crippen molar-refractivity contribution in [3.8, 4) is 11.1 Å². The summed E-state index contributed by atoms with van der Waals surface area (Å²) in [5.74, 6) is -2.49. The summed E-state index contributed by atoms with van der Waals surface area (Å²) >= 11 is 0. The van der Waals surface area contributed by atoms with Gasteiger partial charge in [-0.15, -0.1) is 0 Å². The maximum Gasteiger partial charge on any atom is 0.338 e. The zero-order valence-corrected chi connectivity index (χ0v) is 15.7. The number of carboxylic acids is 1. The van der Waals surface area contributed by atoms with Crippen LogP contribution < -0.4 is 5.73 Å². The van der Waals surface area contributed by atoms with Crippen LogP contribution in [0.25, 0.3) is 11.1 Å². The zero-order valence-electron chi connectivity index (χ0n) is 15.7. The van der Waals surface area contributed by atoms with Gasteiger partial charge in [0, 0.05) is 12.3 Å². The first-order valence-electron chi connectivity index (χ1n) is 9.42. The zero-order chi connectivity index (χ0) is 20.4. The fraction of sp³-hybridized carbons (Fsp3) is 0.167. The van der Waals surface area contributed by atoms with Gasteiger partial charge in [0.2, 0.25) is 5.54 Å². The number of nitrogens with two attached hydrogens (primary N) is 1. The number of ether oxygens (including phenoxy) is 1. The van der Waals surface area contributed by atoms with E-state index in [2.05, 4.69) is 0 Å². The van der Waals surface area contributed by atoms with Gasteiger partial charge in [0.1, 0.15) is 6.61 Å². The molecule has 0 saturated heterocycles. The third-order valence-corrected chi connectivity index (χ3v) is 5.42. The average Bonchev–Trinajstić information content (AvgIpc) is 3.06. The third-order valence-electron chi connectivity index (χ3n) is 5.42. The molecule has 0 heterocycles. The summed E-state index contributed by atoms with van der Waals surface area (Å²) in [6.45, 7) is 0.0356. The number of esters is 1. The van der Waals surface area contributed by atoms with Crippen molar-refractivity contribution >= 4 is 11.9 Å². The van der Waals surface area contributed by atoms with Gasteiger partial charge in [0.25, 0.3) is 0 Å². The number of hydrogen-bond donors (Lipinski definition) is 2. The molecule has 0 amide bonds. The van der Waals surface area contributed by atoms with Gasteiger partial charge in [-0.2, -0.15) is 0 Å². The molecule has 4 rings (SSSR count). The highest BCUT2D eigenvalue weighted by Crippen LogP contribution is 2.44. The average molecular weight is 387 g/mol. The number of benzene rings is 3. The highest BCUT2D eigenvalue weighted by molar-refractivity contribution is 6.04. The molecule has 29 heavy (non-hydrogen) atoms. The Balaban J connectivity index is 1.56. The third kappa shape index (κ3) is 3.41. The van der Waals surface area contributed by atoms with Crippen LogP contribution in [0, 0.1) is 0 Å². The van der Waals surface area contributed by atoms with Gasteiger partial charge in [-0.25, -0.2) is 9.59 Å². The second kappa shape index (κ2) is 7.53. The minimum Gasteiger partial charge on any atom is -0.479 e. The molecule has 0 fully saturated rings. The molecule has 1 aliphatic carbocycles. The van der Waals surface area contributed by atoms with Crippen molar-refractivity contribution in [3.63, 3.8) is 0 Å². The number of hydrogen-bond acceptors (Lipinski definition) is 4. The van der Waals surface area contributed by atoms with Crippen molar-refractivity contribution in [3.05, 3.63) is 95.6 Å². The second-order valence-corrected chi connectivity index (χ2v) is 7.26. The number of fused-ring (bicyclic) bond motifs is 3. The normalized spacial score (nSPS) is 14.5. The van der Waals surface area contributed by atoms with Crippen molar-refractivity contribution in [2.24, 2.45) is 5.73 Å². The van der Waals surface area contributed by atoms with Crippen LogP contribution in [0.2, 0.25) is 0 Å². The van der Waals surface area contributed by atoms with Crippen molar-refractivity contribution in [2.75, 3.05) is 6.61 Å². The van der Waals surface area contributed by atoms with Gasteiger partial charge in [0.05, 0.1) is 0 Å². The number of carbonyl (C=O) groups excluding carboxylic acids is 1. The lowest BCUT2D eigenvalue weighted by molar-refractivity contribution is -0.161. The number of rotatable bonds is 6. The molecule has 0 spiro atoms. The molecule has 1 aliphatic rings. The highest BCUT2D eigenvalue weighted by Gasteiger charge is 2.44. The molecule has 3 aromatic carbocycles. The molecule has 3 aromatic rings. The second-order valence-electron chi connectivity index (χ2n) is 7.26. The van der Waals surface area contributed by atoms with E-state index in [1.807, 2.05) is 54.6 Å². The fourth-order valence-electron chi connectivity index (χ4n) is 3.88. The smallest absolute Gasteiger partial charge is 0.338 e. The minimum atomic E-state index is -2.14. The van der Waals surface area contributed by atoms with Crippen LogP contribution in [0.1, 0.15) is 22.6 Å². The summed E-state index contributed by atoms with van der Waals surface area (Å²) in [5, 5.41) is 9.65. The van der Waals surface area contributed by atoms with E-state index in [-0.39, 0.29) is 18.9 Å². The van der Waals surface area contributed by atoms with E-state index in [0.717, 1.165) is 22.3 Å². The van der Waals surface area contributed by atoms with Crippen LogP contribution in [0.3, 0.4) is 0 Å². The summed E-state index contributed by atoms with van der Waals surface area (Å²) in [4.78, 5) is 24.6. The lowest BCUT2D eigenvalue weighted by atomic mass is 9.91. The van der Waals surface area contributed by atoms with E-state index in [0.29, 0.717) is 5.56 Å². The summed E-state index contributed by atoms with van der Waals surface area (Å²) in [6, 6.07) is 24.8. The standard InChI is InChI=1S/C24H21NO4/c25-24(22(26)27,14-16-8-2-1-3-9-16)23(28)29-15-21-19-12-6-4-10-17(19)18-11-5-7-13-20(18)21/h1-13,21H,14-15,25H2,(H,26,27). The summed E-state index contributed by atoms with van der Waals surface area (Å²) < 4.78 is 5.49. The first kappa shape index (κ1) is 18.9. The lowest BCUT2D eigenvalue weighted by Gasteiger charge is -2.24. The van der Waals surface area contributed by atoms with E-state index < -0.39 is 17.5 Å². The molecule has 0 radical (unpaired) electrons. The van der Waals surface area contributed by atoms with E-state index in [4.69, 9.17) is 10.5 Å². The monoisotopic (exact) mass is 387 g/mol. The lowest BCUT2D eigenvalue weighted by Crippen LogP contribution is -2.57. The molecule has 5 heteroatoms. The molecule has 0 aromatic heterocycles. The van der Waals surface area contributed by atoms with Crippen LogP contribution in [-0.2, 0) is 20.7 Å². The maximum absolute atomic E-state index is 12.8. The van der Waals surface area contributed by atoms with Crippen LogP contribution in [0.15, 0.2) is 78.9 Å². The van der Waals surface area contributed by atoms with Crippen molar-refractivity contribution in [1.82, 2.24) is 0 Å². The van der Waals surface area contributed by atoms with E-state index in [1.165, 1.54) is 0 Å². The van der Waals surface area contributed by atoms with Gasteiger partial charge in [-0.3, -0.25) is 0 Å². The minimum absolute atomic E-state index is 0.0356. The molecule has 3 N–H and O–H groups in total. The Kier molecular flexibility index (Phi) is 4.91. The Morgan fingerprint density at radius 1 is 0.862 bits per heavy atom. The quantitative estimate of drug-likeness (QED) is 0.500. The first-order chi connectivity index (χ1) is 14.0. The first-order valence-corrected chi connectivity index (χ1v) is 9.42. The van der Waals surface area contributed by atoms with Crippen molar-refractivity contribution in [2.45, 2.75) is 17.9 Å². The topological polar surface area (TPSA) is 89.6 Å². The van der Waals surface area contributed by atoms with Crippen molar-refractivity contribution in [1.29, 1.82) is 0 Å². The van der Waals surface area contributed by atoms with Gasteiger partial charge in [-0.1, -0.05) is 78.9 Å². The maximum atomic E-state index is 12.8. The molecule has 146 valence electrons. The van der Waals surface area contributed by atoms with Gasteiger partial charge in [-0.05, 0) is 27.8 Å². The summed E-state index contributed by atoms with van der Waals surface area (Å²) in [5.41, 5.74) is 8.86. The molecule has 1 unspecified atom stereocenters. The molecule has 5 nitrogen and oxygen atoms in total. The van der Waals surface area contributed by atoms with E-state index >= 15 is 0 Å². The Hall–Kier alpha value is -3.44. The predicted molar refractivity (Wildman–Crippen MR) is 109 cm³/mol. The van der Waals surface area contributed by atoms with Gasteiger partial charge in [0.15, 0.2) is 0 Å². The Morgan fingerprint density at radius 3 is 1.93 bits per heavy atom. The molecule has 0 aliphatic heterocycles.